The molecule has 0 aliphatic rings. The molecule has 5 heteroatoms. The molecule has 18 heavy (non-hydrogen) atoms. The van der Waals surface area contributed by atoms with Crippen LogP contribution in [0.3, 0.4) is 0 Å². The smallest absolute Gasteiger partial charge is 0.257 e. The number of unbranched alkanes of at least 4 members (excludes halogenated alkanes) is 2. The molecule has 0 aromatic heterocycles. The minimum atomic E-state index is -0.178. The number of alkyl halides is 1. The van der Waals surface area contributed by atoms with E-state index in [1.165, 1.54) is 6.07 Å². The Balaban J connectivity index is 2.57. The number of nitrogens with zero attached hydrogens (tertiary/aromatic N) is 1. The van der Waals surface area contributed by atoms with Gasteiger partial charge in [-0.3, -0.25) is 4.79 Å². The molecule has 0 aliphatic carbocycles. The summed E-state index contributed by atoms with van der Waals surface area (Å²) in [5.41, 5.74) is 0.294. The Kier molecular flexibility index (Phi) is 6.50. The van der Waals surface area contributed by atoms with Gasteiger partial charge in [0.15, 0.2) is 0 Å². The van der Waals surface area contributed by atoms with Gasteiger partial charge in [0, 0.05) is 23.9 Å². The van der Waals surface area contributed by atoms with Gasteiger partial charge in [-0.25, -0.2) is 0 Å². The molecular weight excluding hydrogens is 318 g/mol. The minimum absolute atomic E-state index is 0.0696. The van der Waals surface area contributed by atoms with Gasteiger partial charge in [0.1, 0.15) is 5.75 Å². The predicted molar refractivity (Wildman–Crippen MR) is 77.7 cm³/mol. The Morgan fingerprint density at radius 1 is 1.39 bits per heavy atom. The number of carbonyl (C=O) groups excluding carboxylic acids is 1. The molecule has 100 valence electrons. The van der Waals surface area contributed by atoms with Crippen molar-refractivity contribution in [3.63, 3.8) is 0 Å². The summed E-state index contributed by atoms with van der Waals surface area (Å²) in [6, 6.07) is 4.54. The molecule has 0 aliphatic heterocycles. The summed E-state index contributed by atoms with van der Waals surface area (Å²) in [7, 11) is 1.74. The van der Waals surface area contributed by atoms with Crippen LogP contribution in [0.4, 0.5) is 0 Å². The fraction of sp³-hybridized carbons (Fsp3) is 0.462. The second-order valence-corrected chi connectivity index (χ2v) is 5.37. The Labute approximate surface area is 121 Å². The van der Waals surface area contributed by atoms with Crippen molar-refractivity contribution in [2.75, 3.05) is 18.9 Å². The monoisotopic (exact) mass is 333 g/mol. The van der Waals surface area contributed by atoms with Gasteiger partial charge in [0.05, 0.1) is 5.56 Å². The topological polar surface area (TPSA) is 40.5 Å². The largest absolute Gasteiger partial charge is 0.507 e. The highest BCUT2D eigenvalue weighted by Crippen LogP contribution is 2.23. The second kappa shape index (κ2) is 7.64. The average Bonchev–Trinajstić information content (AvgIpc) is 2.33. The van der Waals surface area contributed by atoms with Gasteiger partial charge >= 0.3 is 0 Å². The SMILES string of the molecule is CN(CCCCCBr)C(=O)c1ccc(Cl)cc1O. The van der Waals surface area contributed by atoms with Crippen molar-refractivity contribution < 1.29 is 9.90 Å². The number of carbonyl (C=O) groups is 1. The van der Waals surface area contributed by atoms with Gasteiger partial charge in [-0.05, 0) is 31.0 Å². The van der Waals surface area contributed by atoms with Gasteiger partial charge in [0.2, 0.25) is 0 Å². The third-order valence-corrected chi connectivity index (χ3v) is 3.46. The van der Waals surface area contributed by atoms with E-state index in [9.17, 15) is 9.90 Å². The number of hydrogen-bond donors (Lipinski definition) is 1. The van der Waals surface area contributed by atoms with Crippen molar-refractivity contribution in [3.8, 4) is 5.75 Å². The molecule has 0 bridgehead atoms. The van der Waals surface area contributed by atoms with Crippen molar-refractivity contribution in [3.05, 3.63) is 28.8 Å². The van der Waals surface area contributed by atoms with Crippen molar-refractivity contribution >= 4 is 33.4 Å². The number of phenolic OH excluding ortho intramolecular Hbond substituents is 1. The van der Waals surface area contributed by atoms with Crippen LogP contribution in [0.1, 0.15) is 29.6 Å². The quantitative estimate of drug-likeness (QED) is 0.637. The fourth-order valence-corrected chi connectivity index (χ4v) is 2.18. The van der Waals surface area contributed by atoms with Crippen LogP contribution in [0.2, 0.25) is 5.02 Å². The Morgan fingerprint density at radius 2 is 2.11 bits per heavy atom. The van der Waals surface area contributed by atoms with Crippen LogP contribution in [0, 0.1) is 0 Å². The summed E-state index contributed by atoms with van der Waals surface area (Å²) in [6.07, 6.45) is 3.14. The Hall–Kier alpha value is -0.740. The number of phenols is 1. The van der Waals surface area contributed by atoms with Crippen LogP contribution >= 0.6 is 27.5 Å². The number of halogens is 2. The first kappa shape index (κ1) is 15.3. The maximum atomic E-state index is 12.1. The maximum Gasteiger partial charge on any atom is 0.257 e. The van der Waals surface area contributed by atoms with E-state index in [-0.39, 0.29) is 11.7 Å². The third-order valence-electron chi connectivity index (χ3n) is 2.66. The lowest BCUT2D eigenvalue weighted by molar-refractivity contribution is 0.0790. The van der Waals surface area contributed by atoms with E-state index in [0.29, 0.717) is 17.1 Å². The van der Waals surface area contributed by atoms with Gasteiger partial charge < -0.3 is 10.0 Å². The molecule has 1 aromatic rings. The molecule has 1 aromatic carbocycles. The number of rotatable bonds is 6. The van der Waals surface area contributed by atoms with Gasteiger partial charge in [-0.2, -0.15) is 0 Å². The molecule has 1 rings (SSSR count). The number of benzene rings is 1. The lowest BCUT2D eigenvalue weighted by Crippen LogP contribution is -2.27. The zero-order valence-electron chi connectivity index (χ0n) is 10.3. The molecule has 0 heterocycles. The van der Waals surface area contributed by atoms with E-state index in [4.69, 9.17) is 11.6 Å². The van der Waals surface area contributed by atoms with Crippen LogP contribution in [0.5, 0.6) is 5.75 Å². The molecule has 0 spiro atoms. The fourth-order valence-electron chi connectivity index (χ4n) is 1.61. The summed E-state index contributed by atoms with van der Waals surface area (Å²) < 4.78 is 0. The summed E-state index contributed by atoms with van der Waals surface area (Å²) >= 11 is 9.10. The average molecular weight is 335 g/mol. The lowest BCUT2D eigenvalue weighted by atomic mass is 10.1. The normalized spacial score (nSPS) is 10.4. The summed E-state index contributed by atoms with van der Waals surface area (Å²) in [5, 5.41) is 11.1. The molecule has 0 saturated carbocycles. The molecule has 0 atom stereocenters. The van der Waals surface area contributed by atoms with E-state index >= 15 is 0 Å². The lowest BCUT2D eigenvalue weighted by Gasteiger charge is -2.17. The molecule has 3 nitrogen and oxygen atoms in total. The van der Waals surface area contributed by atoms with E-state index < -0.39 is 0 Å². The van der Waals surface area contributed by atoms with Crippen LogP contribution in [0.15, 0.2) is 18.2 Å². The maximum absolute atomic E-state index is 12.1. The highest BCUT2D eigenvalue weighted by molar-refractivity contribution is 9.09. The molecular formula is C13H17BrClNO2. The number of amides is 1. The third kappa shape index (κ3) is 4.50. The van der Waals surface area contributed by atoms with Crippen LogP contribution in [-0.2, 0) is 0 Å². The molecule has 1 amide bonds. The molecule has 0 unspecified atom stereocenters. The first-order valence-electron chi connectivity index (χ1n) is 5.86. The predicted octanol–water partition coefficient (Wildman–Crippen LogP) is 3.68. The molecule has 0 radical (unpaired) electrons. The van der Waals surface area contributed by atoms with Gasteiger partial charge in [-0.1, -0.05) is 34.0 Å². The molecule has 0 fully saturated rings. The first-order valence-corrected chi connectivity index (χ1v) is 7.36. The van der Waals surface area contributed by atoms with Gasteiger partial charge in [0.25, 0.3) is 5.91 Å². The highest BCUT2D eigenvalue weighted by Gasteiger charge is 2.15. The standard InChI is InChI=1S/C13H17BrClNO2/c1-16(8-4-2-3-7-14)13(18)11-6-5-10(15)9-12(11)17/h5-6,9,17H,2-4,7-8H2,1H3. The van der Waals surface area contributed by atoms with Crippen molar-refractivity contribution in [1.29, 1.82) is 0 Å². The van der Waals surface area contributed by atoms with E-state index in [1.54, 1.807) is 24.1 Å². The van der Waals surface area contributed by atoms with Gasteiger partial charge in [-0.15, -0.1) is 0 Å². The van der Waals surface area contributed by atoms with Crippen molar-refractivity contribution in [1.82, 2.24) is 4.90 Å². The second-order valence-electron chi connectivity index (χ2n) is 4.14. The minimum Gasteiger partial charge on any atom is -0.507 e. The van der Waals surface area contributed by atoms with Crippen molar-refractivity contribution in [2.45, 2.75) is 19.3 Å². The summed E-state index contributed by atoms with van der Waals surface area (Å²) in [4.78, 5) is 13.7. The van der Waals surface area contributed by atoms with Crippen LogP contribution in [0.25, 0.3) is 0 Å². The van der Waals surface area contributed by atoms with E-state index in [0.717, 1.165) is 24.6 Å². The van der Waals surface area contributed by atoms with E-state index in [1.807, 2.05) is 0 Å². The molecule has 0 saturated heterocycles. The summed E-state index contributed by atoms with van der Waals surface area (Å²) in [5.74, 6) is -0.247. The van der Waals surface area contributed by atoms with E-state index in [2.05, 4.69) is 15.9 Å². The first-order chi connectivity index (χ1) is 8.56. The number of hydrogen-bond acceptors (Lipinski definition) is 2. The van der Waals surface area contributed by atoms with Crippen LogP contribution in [-0.4, -0.2) is 34.8 Å². The van der Waals surface area contributed by atoms with Crippen molar-refractivity contribution in [2.24, 2.45) is 0 Å². The zero-order chi connectivity index (χ0) is 13.5. The zero-order valence-corrected chi connectivity index (χ0v) is 12.7. The number of aromatic hydroxyl groups is 1. The Morgan fingerprint density at radius 3 is 2.72 bits per heavy atom. The van der Waals surface area contributed by atoms with Crippen LogP contribution < -0.4 is 0 Å². The summed E-state index contributed by atoms with van der Waals surface area (Å²) in [6.45, 7) is 0.688. The Bertz CT molecular complexity index is 412. The highest BCUT2D eigenvalue weighted by atomic mass is 79.9. The molecule has 1 N–H and O–H groups in total.